The van der Waals surface area contributed by atoms with Crippen LogP contribution in [0.2, 0.25) is 5.02 Å². The Morgan fingerprint density at radius 2 is 1.73 bits per heavy atom. The second-order valence-electron chi connectivity index (χ2n) is 6.77. The van der Waals surface area contributed by atoms with Gasteiger partial charge < -0.3 is 14.2 Å². The maximum Gasteiger partial charge on any atom is 0.345 e. The van der Waals surface area contributed by atoms with Crippen molar-refractivity contribution >= 4 is 29.2 Å². The molecule has 0 saturated heterocycles. The predicted octanol–water partition coefficient (Wildman–Crippen LogP) is 5.43. The maximum absolute atomic E-state index is 14.2. The van der Waals surface area contributed by atoms with Crippen molar-refractivity contribution in [2.75, 3.05) is 13.2 Å². The van der Waals surface area contributed by atoms with E-state index >= 15 is 0 Å². The largest absolute Gasteiger partial charge is 0.459 e. The van der Waals surface area contributed by atoms with Gasteiger partial charge in [-0.05, 0) is 26.8 Å². The summed E-state index contributed by atoms with van der Waals surface area (Å²) < 4.78 is 56.8. The minimum Gasteiger partial charge on any atom is -0.459 e. The lowest BCUT2D eigenvalue weighted by molar-refractivity contribution is -0.385. The molecule has 0 heterocycles. The first-order valence-electron chi connectivity index (χ1n) is 9.21. The van der Waals surface area contributed by atoms with Gasteiger partial charge in [-0.25, -0.2) is 18.4 Å². The zero-order chi connectivity index (χ0) is 24.9. The zero-order valence-corrected chi connectivity index (χ0v) is 18.3. The van der Waals surface area contributed by atoms with Gasteiger partial charge in [0.05, 0.1) is 4.92 Å². The fraction of sp³-hybridized carbons (Fsp3) is 0.238. The van der Waals surface area contributed by atoms with Crippen molar-refractivity contribution < 1.29 is 41.9 Å². The topological polar surface area (TPSA) is 105 Å². The number of benzene rings is 2. The number of hydrogen-bond acceptors (Lipinski definition) is 7. The second-order valence-corrected chi connectivity index (χ2v) is 7.15. The van der Waals surface area contributed by atoms with Crippen LogP contribution in [0.25, 0.3) is 0 Å². The first-order chi connectivity index (χ1) is 15.4. The number of nitrogens with zero attached hydrogens (tertiary/aromatic N) is 1. The lowest BCUT2D eigenvalue weighted by Crippen LogP contribution is -2.14. The molecule has 0 radical (unpaired) electrons. The van der Waals surface area contributed by atoms with Crippen LogP contribution in [0.4, 0.5) is 18.9 Å². The summed E-state index contributed by atoms with van der Waals surface area (Å²) in [6, 6.07) is 2.65. The molecule has 0 fully saturated rings. The summed E-state index contributed by atoms with van der Waals surface area (Å²) in [6.07, 6.45) is 1.22. The van der Waals surface area contributed by atoms with E-state index in [9.17, 15) is 32.9 Å². The van der Waals surface area contributed by atoms with Crippen molar-refractivity contribution in [1.29, 1.82) is 0 Å². The van der Waals surface area contributed by atoms with Gasteiger partial charge in [-0.1, -0.05) is 17.2 Å². The molecule has 0 bridgehead atoms. The van der Waals surface area contributed by atoms with Crippen molar-refractivity contribution in [3.05, 3.63) is 73.6 Å². The Kier molecular flexibility index (Phi) is 8.41. The Balaban J connectivity index is 2.25. The molecule has 0 aromatic heterocycles. The van der Waals surface area contributed by atoms with E-state index in [2.05, 4.69) is 0 Å². The Bertz CT molecular complexity index is 1120. The van der Waals surface area contributed by atoms with Crippen LogP contribution in [0, 0.1) is 34.5 Å². The molecule has 33 heavy (non-hydrogen) atoms. The van der Waals surface area contributed by atoms with E-state index in [1.165, 1.54) is 6.08 Å². The lowest BCUT2D eigenvalue weighted by Gasteiger charge is -2.13. The highest BCUT2D eigenvalue weighted by atomic mass is 35.5. The number of carbonyl (C=O) groups excluding carboxylic acids is 2. The highest BCUT2D eigenvalue weighted by molar-refractivity contribution is 6.32. The number of nitro benzene ring substituents is 1. The SMILES string of the molecule is CC(C)=CC(=O)OCCOC(=O)c1cc(Oc2c(F)c(F)c(C)c(F)c2Cl)ccc1[N+](=O)[O-]. The summed E-state index contributed by atoms with van der Waals surface area (Å²) in [5.41, 5.74) is -1.25. The Morgan fingerprint density at radius 3 is 2.33 bits per heavy atom. The van der Waals surface area contributed by atoms with Gasteiger partial charge in [0.2, 0.25) is 5.82 Å². The van der Waals surface area contributed by atoms with Crippen LogP contribution in [-0.4, -0.2) is 30.1 Å². The summed E-state index contributed by atoms with van der Waals surface area (Å²) in [5.74, 6) is -7.60. The summed E-state index contributed by atoms with van der Waals surface area (Å²) >= 11 is 5.70. The third kappa shape index (κ3) is 6.22. The minimum atomic E-state index is -1.58. The van der Waals surface area contributed by atoms with Crippen LogP contribution in [0.5, 0.6) is 11.5 Å². The van der Waals surface area contributed by atoms with Crippen LogP contribution in [0.1, 0.15) is 29.8 Å². The van der Waals surface area contributed by atoms with Gasteiger partial charge in [-0.3, -0.25) is 10.1 Å². The summed E-state index contributed by atoms with van der Waals surface area (Å²) in [7, 11) is 0. The molecule has 12 heteroatoms. The molecule has 0 amide bonds. The number of ether oxygens (including phenoxy) is 3. The van der Waals surface area contributed by atoms with E-state index in [0.29, 0.717) is 5.57 Å². The molecule has 176 valence electrons. The molecule has 2 aromatic carbocycles. The average molecular weight is 488 g/mol. The van der Waals surface area contributed by atoms with E-state index in [4.69, 9.17) is 25.8 Å². The molecular weight excluding hydrogens is 471 g/mol. The predicted molar refractivity (Wildman–Crippen MR) is 110 cm³/mol. The van der Waals surface area contributed by atoms with E-state index in [1.807, 2.05) is 0 Å². The maximum atomic E-state index is 14.2. The van der Waals surface area contributed by atoms with Crippen LogP contribution in [-0.2, 0) is 14.3 Å². The molecule has 2 aromatic rings. The fourth-order valence-corrected chi connectivity index (χ4v) is 2.73. The zero-order valence-electron chi connectivity index (χ0n) is 17.5. The molecular formula is C21H17ClF3NO7. The van der Waals surface area contributed by atoms with E-state index in [1.54, 1.807) is 13.8 Å². The summed E-state index contributed by atoms with van der Waals surface area (Å²) in [6.45, 7) is 3.58. The first-order valence-corrected chi connectivity index (χ1v) is 9.59. The van der Waals surface area contributed by atoms with Crippen LogP contribution in [0.15, 0.2) is 29.8 Å². The number of carbonyl (C=O) groups is 2. The number of rotatable bonds is 8. The van der Waals surface area contributed by atoms with Gasteiger partial charge in [0.1, 0.15) is 29.5 Å². The van der Waals surface area contributed by atoms with Gasteiger partial charge in [-0.2, -0.15) is 4.39 Å². The van der Waals surface area contributed by atoms with E-state index < -0.39 is 68.5 Å². The van der Waals surface area contributed by atoms with Gasteiger partial charge >= 0.3 is 11.9 Å². The molecule has 0 N–H and O–H groups in total. The van der Waals surface area contributed by atoms with Crippen molar-refractivity contribution in [3.8, 4) is 11.5 Å². The van der Waals surface area contributed by atoms with Crippen LogP contribution < -0.4 is 4.74 Å². The normalized spacial score (nSPS) is 10.4. The molecule has 0 spiro atoms. The van der Waals surface area contributed by atoms with Crippen molar-refractivity contribution in [1.82, 2.24) is 0 Å². The molecule has 0 unspecified atom stereocenters. The molecule has 8 nitrogen and oxygen atoms in total. The molecule has 0 atom stereocenters. The minimum absolute atomic E-state index is 0.318. The molecule has 0 saturated carbocycles. The van der Waals surface area contributed by atoms with Crippen molar-refractivity contribution in [2.45, 2.75) is 20.8 Å². The van der Waals surface area contributed by atoms with E-state index in [-0.39, 0.29) is 12.4 Å². The Hall–Kier alpha value is -3.60. The summed E-state index contributed by atoms with van der Waals surface area (Å²) in [4.78, 5) is 34.1. The number of hydrogen-bond donors (Lipinski definition) is 0. The van der Waals surface area contributed by atoms with Crippen LogP contribution >= 0.6 is 11.6 Å². The Morgan fingerprint density at radius 1 is 1.09 bits per heavy atom. The van der Waals surface area contributed by atoms with Gasteiger partial charge in [0, 0.05) is 23.8 Å². The molecule has 0 aliphatic carbocycles. The third-order valence-electron chi connectivity index (χ3n) is 4.01. The quantitative estimate of drug-likeness (QED) is 0.122. The number of esters is 2. The third-order valence-corrected chi connectivity index (χ3v) is 4.35. The smallest absolute Gasteiger partial charge is 0.345 e. The lowest BCUT2D eigenvalue weighted by atomic mass is 10.1. The van der Waals surface area contributed by atoms with Crippen LogP contribution in [0.3, 0.4) is 0 Å². The fourth-order valence-electron chi connectivity index (χ4n) is 2.46. The molecule has 0 aliphatic rings. The summed E-state index contributed by atoms with van der Waals surface area (Å²) in [5, 5.41) is 10.4. The monoisotopic (exact) mass is 487 g/mol. The highest BCUT2D eigenvalue weighted by Crippen LogP contribution is 2.38. The van der Waals surface area contributed by atoms with E-state index in [0.717, 1.165) is 25.1 Å². The van der Waals surface area contributed by atoms with Gasteiger partial charge in [-0.15, -0.1) is 0 Å². The second kappa shape index (κ2) is 10.8. The van der Waals surface area contributed by atoms with Crippen molar-refractivity contribution in [2.24, 2.45) is 0 Å². The average Bonchev–Trinajstić information content (AvgIpc) is 2.76. The Labute approximate surface area is 190 Å². The number of nitro groups is 1. The van der Waals surface area contributed by atoms with Crippen molar-refractivity contribution in [3.63, 3.8) is 0 Å². The number of halogens is 4. The standard InChI is InChI=1S/C21H17ClF3NO7/c1-10(2)8-15(27)31-6-7-32-21(28)13-9-12(4-5-14(13)26(29)30)33-20-16(22)17(23)11(3)18(24)19(20)25/h4-5,8-9H,6-7H2,1-3H3. The first kappa shape index (κ1) is 25.7. The van der Waals surface area contributed by atoms with Gasteiger partial charge in [0.15, 0.2) is 17.4 Å². The number of allylic oxidation sites excluding steroid dienone is 1. The molecule has 0 aliphatic heterocycles. The molecule has 2 rings (SSSR count). The highest BCUT2D eigenvalue weighted by Gasteiger charge is 2.26. The van der Waals surface area contributed by atoms with Gasteiger partial charge in [0.25, 0.3) is 5.69 Å².